The van der Waals surface area contributed by atoms with Crippen molar-refractivity contribution in [2.45, 2.75) is 6.18 Å². The Morgan fingerprint density at radius 1 is 1.30 bits per heavy atom. The topological polar surface area (TPSA) is 57.6 Å². The molecule has 0 aliphatic rings. The van der Waals surface area contributed by atoms with E-state index in [1.54, 1.807) is 0 Å². The summed E-state index contributed by atoms with van der Waals surface area (Å²) in [4.78, 5) is 22.4. The largest absolute Gasteiger partial charge is 0.480 e. The van der Waals surface area contributed by atoms with E-state index in [2.05, 4.69) is 0 Å². The lowest BCUT2D eigenvalue weighted by Gasteiger charge is -2.22. The number of carbonyl (C=O) groups is 2. The third kappa shape index (κ3) is 4.69. The molecular weight excluding hydrogens is 306 g/mol. The SMILES string of the molecule is O=C(O)CN(CC(F)(F)F)C(=O)c1ccc(F)cc1Cl. The number of nitrogens with zero attached hydrogens (tertiary/aromatic N) is 1. The van der Waals surface area contributed by atoms with E-state index in [1.165, 1.54) is 0 Å². The van der Waals surface area contributed by atoms with Crippen molar-refractivity contribution >= 4 is 23.5 Å². The van der Waals surface area contributed by atoms with Crippen LogP contribution in [0.25, 0.3) is 0 Å². The molecule has 4 nitrogen and oxygen atoms in total. The summed E-state index contributed by atoms with van der Waals surface area (Å²) in [5.41, 5.74) is -0.404. The minimum Gasteiger partial charge on any atom is -0.480 e. The molecule has 0 fully saturated rings. The second-order valence-electron chi connectivity index (χ2n) is 3.79. The molecule has 0 spiro atoms. The van der Waals surface area contributed by atoms with Gasteiger partial charge in [-0.15, -0.1) is 0 Å². The van der Waals surface area contributed by atoms with Crippen molar-refractivity contribution in [1.82, 2.24) is 4.90 Å². The monoisotopic (exact) mass is 313 g/mol. The first-order valence-electron chi connectivity index (χ1n) is 5.13. The van der Waals surface area contributed by atoms with Gasteiger partial charge >= 0.3 is 12.1 Å². The van der Waals surface area contributed by atoms with Crippen LogP contribution >= 0.6 is 11.6 Å². The lowest BCUT2D eigenvalue weighted by Crippen LogP contribution is -2.42. The number of carboxylic acid groups (broad SMARTS) is 1. The number of rotatable bonds is 4. The van der Waals surface area contributed by atoms with Gasteiger partial charge in [-0.2, -0.15) is 13.2 Å². The maximum absolute atomic E-state index is 12.8. The van der Waals surface area contributed by atoms with E-state index in [0.29, 0.717) is 0 Å². The van der Waals surface area contributed by atoms with Crippen molar-refractivity contribution in [3.8, 4) is 0 Å². The van der Waals surface area contributed by atoms with Gasteiger partial charge in [0.1, 0.15) is 18.9 Å². The lowest BCUT2D eigenvalue weighted by atomic mass is 10.2. The van der Waals surface area contributed by atoms with Gasteiger partial charge in [0.15, 0.2) is 0 Å². The molecule has 20 heavy (non-hydrogen) atoms. The van der Waals surface area contributed by atoms with Gasteiger partial charge in [-0.05, 0) is 18.2 Å². The molecule has 0 bridgehead atoms. The van der Waals surface area contributed by atoms with Gasteiger partial charge in [0.05, 0.1) is 10.6 Å². The van der Waals surface area contributed by atoms with Crippen LogP contribution in [0.15, 0.2) is 18.2 Å². The average molecular weight is 314 g/mol. The van der Waals surface area contributed by atoms with E-state index in [1.807, 2.05) is 0 Å². The van der Waals surface area contributed by atoms with Crippen molar-refractivity contribution in [3.63, 3.8) is 0 Å². The summed E-state index contributed by atoms with van der Waals surface area (Å²) in [5, 5.41) is 8.14. The van der Waals surface area contributed by atoms with Crippen LogP contribution in [-0.2, 0) is 4.79 Å². The minimum atomic E-state index is -4.77. The van der Waals surface area contributed by atoms with Crippen LogP contribution in [0.5, 0.6) is 0 Å². The Bertz CT molecular complexity index is 533. The van der Waals surface area contributed by atoms with Crippen molar-refractivity contribution in [2.24, 2.45) is 0 Å². The van der Waals surface area contributed by atoms with E-state index in [4.69, 9.17) is 16.7 Å². The van der Waals surface area contributed by atoms with Crippen molar-refractivity contribution in [3.05, 3.63) is 34.6 Å². The second kappa shape index (κ2) is 6.08. The highest BCUT2D eigenvalue weighted by Crippen LogP contribution is 2.22. The molecule has 0 heterocycles. The average Bonchev–Trinajstić information content (AvgIpc) is 2.24. The maximum Gasteiger partial charge on any atom is 0.406 e. The van der Waals surface area contributed by atoms with Crippen LogP contribution in [0, 0.1) is 5.82 Å². The van der Waals surface area contributed by atoms with Crippen LogP contribution in [0.4, 0.5) is 17.6 Å². The van der Waals surface area contributed by atoms with Gasteiger partial charge in [-0.25, -0.2) is 4.39 Å². The van der Waals surface area contributed by atoms with Crippen molar-refractivity contribution in [1.29, 1.82) is 0 Å². The zero-order valence-electron chi connectivity index (χ0n) is 9.75. The summed E-state index contributed by atoms with van der Waals surface area (Å²) < 4.78 is 49.8. The Kier molecular flexibility index (Phi) is 4.93. The lowest BCUT2D eigenvalue weighted by molar-refractivity contribution is -0.149. The highest BCUT2D eigenvalue weighted by Gasteiger charge is 2.34. The molecule has 1 aromatic carbocycles. The minimum absolute atomic E-state index is 0.0709. The van der Waals surface area contributed by atoms with Gasteiger partial charge < -0.3 is 10.0 Å². The van der Waals surface area contributed by atoms with E-state index in [-0.39, 0.29) is 4.90 Å². The fourth-order valence-electron chi connectivity index (χ4n) is 1.41. The first-order valence-corrected chi connectivity index (χ1v) is 5.51. The van der Waals surface area contributed by atoms with E-state index >= 15 is 0 Å². The summed E-state index contributed by atoms with van der Waals surface area (Å²) in [6.07, 6.45) is -4.77. The molecule has 0 radical (unpaired) electrons. The van der Waals surface area contributed by atoms with E-state index < -0.39 is 47.5 Å². The fraction of sp³-hybridized carbons (Fsp3) is 0.273. The third-order valence-electron chi connectivity index (χ3n) is 2.15. The van der Waals surface area contributed by atoms with E-state index in [9.17, 15) is 27.2 Å². The molecular formula is C11H8ClF4NO3. The molecule has 9 heteroatoms. The molecule has 1 aromatic rings. The van der Waals surface area contributed by atoms with E-state index in [0.717, 1.165) is 18.2 Å². The van der Waals surface area contributed by atoms with Gasteiger partial charge in [0, 0.05) is 0 Å². The number of benzene rings is 1. The highest BCUT2D eigenvalue weighted by atomic mass is 35.5. The Labute approximate surface area is 115 Å². The second-order valence-corrected chi connectivity index (χ2v) is 4.20. The molecule has 0 saturated carbocycles. The summed E-state index contributed by atoms with van der Waals surface area (Å²) >= 11 is 5.56. The Balaban J connectivity index is 3.06. The molecule has 110 valence electrons. The summed E-state index contributed by atoms with van der Waals surface area (Å²) in [6, 6.07) is 2.48. The molecule has 0 aromatic heterocycles. The molecule has 0 saturated heterocycles. The number of carbonyl (C=O) groups excluding carboxylic acids is 1. The number of hydrogen-bond acceptors (Lipinski definition) is 2. The first kappa shape index (κ1) is 16.2. The number of hydrogen-bond donors (Lipinski definition) is 1. The quantitative estimate of drug-likeness (QED) is 0.869. The molecule has 1 amide bonds. The van der Waals surface area contributed by atoms with Crippen LogP contribution < -0.4 is 0 Å². The fourth-order valence-corrected chi connectivity index (χ4v) is 1.66. The molecule has 0 aliphatic heterocycles. The molecule has 1 rings (SSSR count). The van der Waals surface area contributed by atoms with Crippen LogP contribution in [-0.4, -0.2) is 41.1 Å². The highest BCUT2D eigenvalue weighted by molar-refractivity contribution is 6.33. The van der Waals surface area contributed by atoms with Gasteiger partial charge in [-0.3, -0.25) is 9.59 Å². The zero-order chi connectivity index (χ0) is 15.5. The standard InChI is InChI=1S/C11H8ClF4NO3/c12-8-3-6(13)1-2-7(8)10(20)17(4-9(18)19)5-11(14,15)16/h1-3H,4-5H2,(H,18,19). The van der Waals surface area contributed by atoms with Crippen LogP contribution in [0.1, 0.15) is 10.4 Å². The smallest absolute Gasteiger partial charge is 0.406 e. The van der Waals surface area contributed by atoms with Gasteiger partial charge in [-0.1, -0.05) is 11.6 Å². The van der Waals surface area contributed by atoms with Gasteiger partial charge in [0.2, 0.25) is 0 Å². The number of amides is 1. The molecule has 1 N–H and O–H groups in total. The molecule has 0 aliphatic carbocycles. The molecule has 0 unspecified atom stereocenters. The van der Waals surface area contributed by atoms with Crippen LogP contribution in [0.2, 0.25) is 5.02 Å². The summed E-state index contributed by atoms with van der Waals surface area (Å²) in [7, 11) is 0. The number of alkyl halides is 3. The maximum atomic E-state index is 12.8. The van der Waals surface area contributed by atoms with Crippen molar-refractivity contribution < 1.29 is 32.3 Å². The van der Waals surface area contributed by atoms with Gasteiger partial charge in [0.25, 0.3) is 5.91 Å². The number of carboxylic acids is 1. The Hall–Kier alpha value is -1.83. The third-order valence-corrected chi connectivity index (χ3v) is 2.46. The van der Waals surface area contributed by atoms with Crippen molar-refractivity contribution in [2.75, 3.05) is 13.1 Å². The molecule has 0 atom stereocenters. The number of aliphatic carboxylic acids is 1. The zero-order valence-corrected chi connectivity index (χ0v) is 10.5. The Morgan fingerprint density at radius 3 is 2.35 bits per heavy atom. The number of halogens is 5. The summed E-state index contributed by atoms with van der Waals surface area (Å²) in [6.45, 7) is -2.89. The predicted octanol–water partition coefficient (Wildman–Crippen LogP) is 2.57. The predicted molar refractivity (Wildman–Crippen MR) is 61.0 cm³/mol. The first-order chi connectivity index (χ1) is 9.10. The van der Waals surface area contributed by atoms with Crippen LogP contribution in [0.3, 0.4) is 0 Å². The normalized spacial score (nSPS) is 11.2. The summed E-state index contributed by atoms with van der Waals surface area (Å²) in [5.74, 6) is -3.62. The Morgan fingerprint density at radius 2 is 1.90 bits per heavy atom.